The zero-order valence-corrected chi connectivity index (χ0v) is 16.7. The van der Waals surface area contributed by atoms with E-state index in [9.17, 15) is 36.3 Å². The number of carboxylic acids is 1. The van der Waals surface area contributed by atoms with Gasteiger partial charge in [0, 0.05) is 5.92 Å². The normalized spacial score (nSPS) is 14.1. The van der Waals surface area contributed by atoms with Crippen LogP contribution in [0.25, 0.3) is 11.1 Å². The summed E-state index contributed by atoms with van der Waals surface area (Å²) in [6.45, 7) is -2.23. The number of carbonyl (C=O) groups excluding carboxylic acids is 2. The lowest BCUT2D eigenvalue weighted by Crippen LogP contribution is -2.57. The Labute approximate surface area is 183 Å². The van der Waals surface area contributed by atoms with Gasteiger partial charge in [-0.15, -0.1) is 0 Å². The van der Waals surface area contributed by atoms with Crippen LogP contribution in [0.1, 0.15) is 17.0 Å². The number of rotatable bonds is 7. The molecule has 0 saturated heterocycles. The van der Waals surface area contributed by atoms with Crippen molar-refractivity contribution in [1.29, 1.82) is 0 Å². The first-order valence-corrected chi connectivity index (χ1v) is 9.49. The lowest BCUT2D eigenvalue weighted by molar-refractivity contribution is -0.170. The van der Waals surface area contributed by atoms with Gasteiger partial charge in [0.25, 0.3) is 5.91 Å². The fourth-order valence-electron chi connectivity index (χ4n) is 3.43. The van der Waals surface area contributed by atoms with E-state index in [-0.39, 0.29) is 6.61 Å². The standard InChI is InChI=1S/C21H17F5N2O5/c22-20(23,18(30)31)10-27-17(29)16(21(24,25)26)28-19(32)33-9-15-13-7-3-1-5-11(13)12-6-2-4-8-14(12)15/h1-8,15-16H,9-10H2,(H,27,29)(H,28,32)(H,30,31). The molecule has 3 rings (SSSR count). The smallest absolute Gasteiger partial charge is 0.417 e. The van der Waals surface area contributed by atoms with Gasteiger partial charge in [-0.3, -0.25) is 4.79 Å². The first-order valence-electron chi connectivity index (χ1n) is 9.49. The molecule has 2 aromatic carbocycles. The van der Waals surface area contributed by atoms with E-state index in [2.05, 4.69) is 0 Å². The van der Waals surface area contributed by atoms with Crippen LogP contribution in [-0.4, -0.2) is 54.4 Å². The lowest BCUT2D eigenvalue weighted by atomic mass is 9.98. The predicted octanol–water partition coefficient (Wildman–Crippen LogP) is 3.29. The predicted molar refractivity (Wildman–Crippen MR) is 104 cm³/mol. The van der Waals surface area contributed by atoms with Gasteiger partial charge in [0.1, 0.15) is 6.61 Å². The summed E-state index contributed by atoms with van der Waals surface area (Å²) in [6, 6.07) is 11.2. The Morgan fingerprint density at radius 2 is 1.45 bits per heavy atom. The molecule has 0 saturated carbocycles. The van der Waals surface area contributed by atoms with Crippen molar-refractivity contribution < 1.29 is 46.2 Å². The van der Waals surface area contributed by atoms with E-state index in [1.54, 1.807) is 24.3 Å². The van der Waals surface area contributed by atoms with E-state index in [0.29, 0.717) is 0 Å². The first-order chi connectivity index (χ1) is 15.4. The largest absolute Gasteiger partial charge is 0.477 e. The Morgan fingerprint density at radius 3 is 1.94 bits per heavy atom. The Kier molecular flexibility index (Phi) is 6.56. The van der Waals surface area contributed by atoms with Gasteiger partial charge in [-0.2, -0.15) is 22.0 Å². The number of aliphatic carboxylic acids is 1. The van der Waals surface area contributed by atoms with Crippen LogP contribution in [0.2, 0.25) is 0 Å². The van der Waals surface area contributed by atoms with Crippen molar-refractivity contribution >= 4 is 18.0 Å². The first kappa shape index (κ1) is 24.0. The summed E-state index contributed by atoms with van der Waals surface area (Å²) in [5, 5.41) is 10.8. The van der Waals surface area contributed by atoms with Crippen LogP contribution in [0.4, 0.5) is 26.7 Å². The van der Waals surface area contributed by atoms with Crippen LogP contribution in [0, 0.1) is 0 Å². The Bertz CT molecular complexity index is 1030. The van der Waals surface area contributed by atoms with Crippen LogP contribution in [0.3, 0.4) is 0 Å². The monoisotopic (exact) mass is 472 g/mol. The van der Waals surface area contributed by atoms with Gasteiger partial charge in [0.05, 0.1) is 6.54 Å². The van der Waals surface area contributed by atoms with Crippen molar-refractivity contribution in [3.8, 4) is 11.1 Å². The molecular formula is C21H17F5N2O5. The number of carbonyl (C=O) groups is 3. The number of alkyl carbamates (subject to hydrolysis) is 1. The number of fused-ring (bicyclic) bond motifs is 3. The van der Waals surface area contributed by atoms with Gasteiger partial charge in [0.2, 0.25) is 6.04 Å². The summed E-state index contributed by atoms with van der Waals surface area (Å²) in [6.07, 6.45) is -6.95. The van der Waals surface area contributed by atoms with E-state index in [1.807, 2.05) is 24.3 Å². The van der Waals surface area contributed by atoms with Crippen molar-refractivity contribution in [3.63, 3.8) is 0 Å². The lowest BCUT2D eigenvalue weighted by Gasteiger charge is -2.22. The third-order valence-electron chi connectivity index (χ3n) is 4.99. The number of hydrogen-bond acceptors (Lipinski definition) is 4. The maximum Gasteiger partial charge on any atom is 0.417 e. The van der Waals surface area contributed by atoms with Gasteiger partial charge in [-0.25, -0.2) is 9.59 Å². The van der Waals surface area contributed by atoms with Gasteiger partial charge < -0.3 is 20.5 Å². The number of nitrogens with one attached hydrogen (secondary N) is 2. The fourth-order valence-corrected chi connectivity index (χ4v) is 3.43. The second kappa shape index (κ2) is 9.04. The molecule has 0 aromatic heterocycles. The highest BCUT2D eigenvalue weighted by Gasteiger charge is 2.48. The summed E-state index contributed by atoms with van der Waals surface area (Å²) < 4.78 is 70.7. The highest BCUT2D eigenvalue weighted by atomic mass is 19.4. The van der Waals surface area contributed by atoms with Crippen molar-refractivity contribution in [3.05, 3.63) is 59.7 Å². The highest BCUT2D eigenvalue weighted by Crippen LogP contribution is 2.44. The second-order valence-electron chi connectivity index (χ2n) is 7.17. The fraction of sp³-hybridized carbons (Fsp3) is 0.286. The minimum absolute atomic E-state index is 0.344. The quantitative estimate of drug-likeness (QED) is 0.537. The van der Waals surface area contributed by atoms with E-state index in [4.69, 9.17) is 9.84 Å². The molecule has 0 spiro atoms. The second-order valence-corrected chi connectivity index (χ2v) is 7.17. The van der Waals surface area contributed by atoms with Crippen LogP contribution < -0.4 is 10.6 Å². The van der Waals surface area contributed by atoms with Crippen molar-refractivity contribution in [2.45, 2.75) is 24.1 Å². The zero-order valence-electron chi connectivity index (χ0n) is 16.7. The number of halogens is 5. The molecule has 0 aliphatic heterocycles. The Balaban J connectivity index is 1.67. The maximum absolute atomic E-state index is 13.2. The third kappa shape index (κ3) is 5.21. The van der Waals surface area contributed by atoms with E-state index < -0.39 is 48.6 Å². The molecule has 1 atom stereocenters. The van der Waals surface area contributed by atoms with Crippen molar-refractivity contribution in [2.75, 3.05) is 13.2 Å². The SMILES string of the molecule is O=C(NC(C(=O)NCC(F)(F)C(=O)O)C(F)(F)F)OCC1c2ccccc2-c2ccccc21. The molecular weight excluding hydrogens is 455 g/mol. The molecule has 3 N–H and O–H groups in total. The average molecular weight is 472 g/mol. The van der Waals surface area contributed by atoms with Crippen molar-refractivity contribution in [1.82, 2.24) is 10.6 Å². The van der Waals surface area contributed by atoms with Crippen LogP contribution in [0.15, 0.2) is 48.5 Å². The molecule has 7 nitrogen and oxygen atoms in total. The number of carboxylic acid groups (broad SMARTS) is 1. The van der Waals surface area contributed by atoms with Crippen molar-refractivity contribution in [2.24, 2.45) is 0 Å². The average Bonchev–Trinajstić information content (AvgIpc) is 3.07. The van der Waals surface area contributed by atoms with Crippen LogP contribution in [-0.2, 0) is 14.3 Å². The molecule has 0 radical (unpaired) electrons. The van der Waals surface area contributed by atoms with Crippen LogP contribution in [0.5, 0.6) is 0 Å². The minimum atomic E-state index is -5.35. The van der Waals surface area contributed by atoms with E-state index in [0.717, 1.165) is 22.3 Å². The molecule has 1 unspecified atom stereocenters. The Morgan fingerprint density at radius 1 is 0.939 bits per heavy atom. The topological polar surface area (TPSA) is 105 Å². The van der Waals surface area contributed by atoms with Gasteiger partial charge in [-0.1, -0.05) is 48.5 Å². The number of amides is 2. The molecule has 0 bridgehead atoms. The molecule has 12 heteroatoms. The van der Waals surface area contributed by atoms with Gasteiger partial charge in [-0.05, 0) is 22.3 Å². The molecule has 176 valence electrons. The summed E-state index contributed by atoms with van der Waals surface area (Å²) in [4.78, 5) is 34.1. The maximum atomic E-state index is 13.2. The third-order valence-corrected chi connectivity index (χ3v) is 4.99. The molecule has 2 amide bonds. The summed E-state index contributed by atoms with van der Waals surface area (Å²) >= 11 is 0. The number of hydrogen-bond donors (Lipinski definition) is 3. The van der Waals surface area contributed by atoms with E-state index in [1.165, 1.54) is 10.6 Å². The Hall–Kier alpha value is -3.70. The molecule has 2 aromatic rings. The molecule has 1 aliphatic carbocycles. The molecule has 0 heterocycles. The van der Waals surface area contributed by atoms with Crippen LogP contribution >= 0.6 is 0 Å². The molecule has 0 fully saturated rings. The van der Waals surface area contributed by atoms with E-state index >= 15 is 0 Å². The summed E-state index contributed by atoms with van der Waals surface area (Å²) in [5.74, 6) is -9.64. The van der Waals surface area contributed by atoms with Gasteiger partial charge in [0.15, 0.2) is 0 Å². The molecule has 33 heavy (non-hydrogen) atoms. The molecule has 1 aliphatic rings. The summed E-state index contributed by atoms with van der Waals surface area (Å²) in [7, 11) is 0. The number of alkyl halides is 5. The highest BCUT2D eigenvalue weighted by molar-refractivity contribution is 5.87. The summed E-state index contributed by atoms with van der Waals surface area (Å²) in [5.41, 5.74) is 3.36. The minimum Gasteiger partial charge on any atom is -0.477 e. The number of ether oxygens (including phenoxy) is 1. The zero-order chi connectivity index (χ0) is 24.4. The number of benzene rings is 2. The van der Waals surface area contributed by atoms with Gasteiger partial charge >= 0.3 is 24.2 Å².